The summed E-state index contributed by atoms with van der Waals surface area (Å²) in [6.45, 7) is 0. The van der Waals surface area contributed by atoms with E-state index in [1.54, 1.807) is 6.07 Å². The third-order valence-electron chi connectivity index (χ3n) is 2.56. The van der Waals surface area contributed by atoms with Crippen LogP contribution in [0.25, 0.3) is 0 Å². The fourth-order valence-corrected chi connectivity index (χ4v) is 2.07. The zero-order chi connectivity index (χ0) is 14.5. The molecule has 0 saturated carbocycles. The highest BCUT2D eigenvalue weighted by Gasteiger charge is 2.22. The Morgan fingerprint density at radius 3 is 2.65 bits per heavy atom. The van der Waals surface area contributed by atoms with Crippen LogP contribution < -0.4 is 11.1 Å². The molecule has 1 atom stereocenters. The standard InChI is InChI=1S/C13H13BrN4O2/c1-20-12(19)11(8-5-3-2-4-6-8)18-13-16-9(14)7-10(15)17-13/h2-7,11H,1H3,(H3,15,16,17,18). The van der Waals surface area contributed by atoms with Gasteiger partial charge in [0.15, 0.2) is 6.04 Å². The fraction of sp³-hybridized carbons (Fsp3) is 0.154. The number of rotatable bonds is 4. The van der Waals surface area contributed by atoms with Crippen molar-refractivity contribution >= 4 is 33.7 Å². The van der Waals surface area contributed by atoms with Crippen LogP contribution >= 0.6 is 15.9 Å². The Hall–Kier alpha value is -2.15. The number of benzene rings is 1. The lowest BCUT2D eigenvalue weighted by Gasteiger charge is -2.17. The number of hydrogen-bond donors (Lipinski definition) is 2. The Bertz CT molecular complexity index is 586. The molecule has 1 heterocycles. The van der Waals surface area contributed by atoms with Gasteiger partial charge in [-0.05, 0) is 21.5 Å². The number of halogens is 1. The van der Waals surface area contributed by atoms with Crippen LogP contribution in [-0.2, 0) is 9.53 Å². The molecule has 0 bridgehead atoms. The minimum atomic E-state index is -0.699. The lowest BCUT2D eigenvalue weighted by molar-refractivity contribution is -0.141. The summed E-state index contributed by atoms with van der Waals surface area (Å²) in [6.07, 6.45) is 0. The first-order chi connectivity index (χ1) is 9.60. The second-order valence-corrected chi connectivity index (χ2v) is 4.76. The fourth-order valence-electron chi connectivity index (χ4n) is 1.67. The van der Waals surface area contributed by atoms with Crippen molar-refractivity contribution in [3.05, 3.63) is 46.6 Å². The number of nitrogens with two attached hydrogens (primary N) is 1. The van der Waals surface area contributed by atoms with E-state index in [-0.39, 0.29) is 5.95 Å². The lowest BCUT2D eigenvalue weighted by Crippen LogP contribution is -2.23. The first-order valence-corrected chi connectivity index (χ1v) is 6.59. The van der Waals surface area contributed by atoms with Gasteiger partial charge in [-0.2, -0.15) is 4.98 Å². The van der Waals surface area contributed by atoms with Crippen LogP contribution in [-0.4, -0.2) is 23.0 Å². The minimum Gasteiger partial charge on any atom is -0.467 e. The van der Waals surface area contributed by atoms with Gasteiger partial charge in [-0.3, -0.25) is 0 Å². The Labute approximate surface area is 124 Å². The maximum atomic E-state index is 11.9. The molecule has 7 heteroatoms. The van der Waals surface area contributed by atoms with Crippen molar-refractivity contribution < 1.29 is 9.53 Å². The van der Waals surface area contributed by atoms with E-state index in [1.807, 2.05) is 30.3 Å². The Kier molecular flexibility index (Phi) is 4.52. The molecule has 0 fully saturated rings. The van der Waals surface area contributed by atoms with Gasteiger partial charge in [-0.15, -0.1) is 0 Å². The van der Waals surface area contributed by atoms with Crippen LogP contribution in [0.2, 0.25) is 0 Å². The first kappa shape index (κ1) is 14.3. The largest absolute Gasteiger partial charge is 0.467 e. The van der Waals surface area contributed by atoms with Crippen LogP contribution in [0.4, 0.5) is 11.8 Å². The zero-order valence-corrected chi connectivity index (χ0v) is 12.3. The number of esters is 1. The molecule has 3 N–H and O–H groups in total. The molecule has 0 aliphatic carbocycles. The van der Waals surface area contributed by atoms with Crippen molar-refractivity contribution in [2.75, 3.05) is 18.2 Å². The van der Waals surface area contributed by atoms with Crippen LogP contribution in [0, 0.1) is 0 Å². The van der Waals surface area contributed by atoms with Crippen molar-refractivity contribution in [2.45, 2.75) is 6.04 Å². The normalized spacial score (nSPS) is 11.7. The second-order valence-electron chi connectivity index (χ2n) is 3.95. The number of anilines is 2. The molecule has 1 unspecified atom stereocenters. The predicted molar refractivity (Wildman–Crippen MR) is 79.0 cm³/mol. The molecule has 0 amide bonds. The molecule has 0 aliphatic heterocycles. The summed E-state index contributed by atoms with van der Waals surface area (Å²) in [4.78, 5) is 20.1. The van der Waals surface area contributed by atoms with E-state index in [0.29, 0.717) is 10.4 Å². The first-order valence-electron chi connectivity index (χ1n) is 5.79. The Balaban J connectivity index is 2.31. The molecule has 0 radical (unpaired) electrons. The Morgan fingerprint density at radius 2 is 2.05 bits per heavy atom. The van der Waals surface area contributed by atoms with E-state index < -0.39 is 12.0 Å². The smallest absolute Gasteiger partial charge is 0.333 e. The average molecular weight is 337 g/mol. The van der Waals surface area contributed by atoms with Crippen LogP contribution in [0.5, 0.6) is 0 Å². The van der Waals surface area contributed by atoms with Gasteiger partial charge in [0.2, 0.25) is 5.95 Å². The van der Waals surface area contributed by atoms with Gasteiger partial charge in [-0.1, -0.05) is 30.3 Å². The predicted octanol–water partition coefficient (Wildman–Crippen LogP) is 2.15. The number of nitrogens with one attached hydrogen (secondary N) is 1. The van der Waals surface area contributed by atoms with Crippen LogP contribution in [0.3, 0.4) is 0 Å². The maximum absolute atomic E-state index is 11.9. The van der Waals surface area contributed by atoms with E-state index in [2.05, 4.69) is 31.2 Å². The minimum absolute atomic E-state index is 0.246. The SMILES string of the molecule is COC(=O)C(Nc1nc(N)cc(Br)n1)c1ccccc1. The van der Waals surface area contributed by atoms with E-state index in [1.165, 1.54) is 7.11 Å². The Morgan fingerprint density at radius 1 is 1.35 bits per heavy atom. The molecule has 1 aromatic heterocycles. The van der Waals surface area contributed by atoms with Crippen molar-refractivity contribution in [3.8, 4) is 0 Å². The molecule has 0 spiro atoms. The second kappa shape index (κ2) is 6.33. The van der Waals surface area contributed by atoms with Gasteiger partial charge in [-0.25, -0.2) is 9.78 Å². The molecule has 2 rings (SSSR count). The summed E-state index contributed by atoms with van der Waals surface area (Å²) in [6, 6.07) is 10.0. The molecule has 1 aromatic carbocycles. The molecule has 104 valence electrons. The van der Waals surface area contributed by atoms with E-state index in [4.69, 9.17) is 10.5 Å². The number of hydrogen-bond acceptors (Lipinski definition) is 6. The van der Waals surface area contributed by atoms with E-state index in [0.717, 1.165) is 5.56 Å². The quantitative estimate of drug-likeness (QED) is 0.656. The number of methoxy groups -OCH3 is 1. The summed E-state index contributed by atoms with van der Waals surface area (Å²) in [5.41, 5.74) is 6.40. The summed E-state index contributed by atoms with van der Waals surface area (Å²) in [7, 11) is 1.33. The highest BCUT2D eigenvalue weighted by atomic mass is 79.9. The molecule has 20 heavy (non-hydrogen) atoms. The lowest BCUT2D eigenvalue weighted by atomic mass is 10.1. The van der Waals surface area contributed by atoms with Gasteiger partial charge in [0.05, 0.1) is 7.11 Å². The maximum Gasteiger partial charge on any atom is 0.333 e. The van der Waals surface area contributed by atoms with Gasteiger partial charge in [0.25, 0.3) is 0 Å². The van der Waals surface area contributed by atoms with E-state index in [9.17, 15) is 4.79 Å². The summed E-state index contributed by atoms with van der Waals surface area (Å²) >= 11 is 3.23. The van der Waals surface area contributed by atoms with Gasteiger partial charge in [0.1, 0.15) is 10.4 Å². The topological polar surface area (TPSA) is 90.1 Å². The summed E-state index contributed by atoms with van der Waals surface area (Å²) < 4.78 is 5.33. The number of nitrogens with zero attached hydrogens (tertiary/aromatic N) is 2. The van der Waals surface area contributed by atoms with Crippen molar-refractivity contribution in [3.63, 3.8) is 0 Å². The number of carbonyl (C=O) groups excluding carboxylic acids is 1. The number of nitrogen functional groups attached to an aromatic ring is 1. The average Bonchev–Trinajstić information content (AvgIpc) is 2.44. The highest BCUT2D eigenvalue weighted by molar-refractivity contribution is 9.10. The van der Waals surface area contributed by atoms with Gasteiger partial charge in [0, 0.05) is 6.07 Å². The van der Waals surface area contributed by atoms with E-state index >= 15 is 0 Å². The molecular formula is C13H13BrN4O2. The van der Waals surface area contributed by atoms with Crippen molar-refractivity contribution in [1.29, 1.82) is 0 Å². The molecule has 2 aromatic rings. The number of ether oxygens (including phenoxy) is 1. The van der Waals surface area contributed by atoms with Crippen molar-refractivity contribution in [2.24, 2.45) is 0 Å². The van der Waals surface area contributed by atoms with Gasteiger partial charge >= 0.3 is 5.97 Å². The summed E-state index contributed by atoms with van der Waals surface area (Å²) in [5.74, 6) is 0.112. The third kappa shape index (κ3) is 3.45. The highest BCUT2D eigenvalue weighted by Crippen LogP contribution is 2.20. The molecular weight excluding hydrogens is 324 g/mol. The molecule has 6 nitrogen and oxygen atoms in total. The van der Waals surface area contributed by atoms with Crippen LogP contribution in [0.15, 0.2) is 41.0 Å². The van der Waals surface area contributed by atoms with Crippen LogP contribution in [0.1, 0.15) is 11.6 Å². The summed E-state index contributed by atoms with van der Waals surface area (Å²) in [5, 5.41) is 2.92. The molecule has 0 aliphatic rings. The number of carbonyl (C=O) groups is 1. The third-order valence-corrected chi connectivity index (χ3v) is 2.96. The van der Waals surface area contributed by atoms with Gasteiger partial charge < -0.3 is 15.8 Å². The number of aromatic nitrogens is 2. The molecule has 0 saturated heterocycles. The van der Waals surface area contributed by atoms with Crippen molar-refractivity contribution in [1.82, 2.24) is 9.97 Å². The zero-order valence-electron chi connectivity index (χ0n) is 10.7. The monoisotopic (exact) mass is 336 g/mol.